The van der Waals surface area contributed by atoms with Gasteiger partial charge in [0.25, 0.3) is 0 Å². The predicted octanol–water partition coefficient (Wildman–Crippen LogP) is 1.52. The van der Waals surface area contributed by atoms with Crippen molar-refractivity contribution in [3.05, 3.63) is 47.9 Å². The summed E-state index contributed by atoms with van der Waals surface area (Å²) in [6.07, 6.45) is 4.29. The van der Waals surface area contributed by atoms with Crippen LogP contribution in [0.3, 0.4) is 0 Å². The second-order valence-corrected chi connectivity index (χ2v) is 6.08. The van der Waals surface area contributed by atoms with Crippen LogP contribution >= 0.6 is 11.6 Å². The Bertz CT molecular complexity index is 664. The highest BCUT2D eigenvalue weighted by Crippen LogP contribution is 2.12. The molecule has 0 spiro atoms. The standard InChI is InChI=1S/C12H13ClN4O2S/c13-10-7-11(9-14-8-10)20(18,19)17-6-5-16-12-3-1-2-4-15-12/h1-4,7-9,17H,5-6H2,(H,15,16). The van der Waals surface area contributed by atoms with Gasteiger partial charge in [-0.25, -0.2) is 18.1 Å². The maximum absolute atomic E-state index is 11.9. The lowest BCUT2D eigenvalue weighted by Crippen LogP contribution is -2.29. The van der Waals surface area contributed by atoms with E-state index in [-0.39, 0.29) is 16.5 Å². The summed E-state index contributed by atoms with van der Waals surface area (Å²) in [6, 6.07) is 6.80. The molecule has 0 unspecified atom stereocenters. The number of anilines is 1. The van der Waals surface area contributed by atoms with Crippen molar-refractivity contribution < 1.29 is 8.42 Å². The zero-order chi connectivity index (χ0) is 14.4. The molecule has 0 amide bonds. The molecule has 6 nitrogen and oxygen atoms in total. The Hall–Kier alpha value is -1.70. The summed E-state index contributed by atoms with van der Waals surface area (Å²) < 4.78 is 26.3. The molecule has 0 bridgehead atoms. The summed E-state index contributed by atoms with van der Waals surface area (Å²) >= 11 is 5.72. The molecule has 106 valence electrons. The van der Waals surface area contributed by atoms with Gasteiger partial charge in [0.05, 0.1) is 5.02 Å². The molecule has 2 aromatic heterocycles. The molecule has 0 saturated heterocycles. The topological polar surface area (TPSA) is 84.0 Å². The quantitative estimate of drug-likeness (QED) is 0.790. The van der Waals surface area contributed by atoms with Gasteiger partial charge in [-0.3, -0.25) is 4.98 Å². The average molecular weight is 313 g/mol. The molecular weight excluding hydrogens is 300 g/mol. The Labute approximate surface area is 122 Å². The Balaban J connectivity index is 1.87. The molecule has 2 heterocycles. The first-order chi connectivity index (χ1) is 9.58. The normalized spacial score (nSPS) is 11.2. The van der Waals surface area contributed by atoms with E-state index in [4.69, 9.17) is 11.6 Å². The van der Waals surface area contributed by atoms with E-state index in [1.165, 1.54) is 18.5 Å². The monoisotopic (exact) mass is 312 g/mol. The van der Waals surface area contributed by atoms with Crippen molar-refractivity contribution in [2.24, 2.45) is 0 Å². The van der Waals surface area contributed by atoms with E-state index in [9.17, 15) is 8.42 Å². The SMILES string of the molecule is O=S(=O)(NCCNc1ccccn1)c1cncc(Cl)c1. The van der Waals surface area contributed by atoms with Gasteiger partial charge in [0.2, 0.25) is 10.0 Å². The largest absolute Gasteiger partial charge is 0.369 e. The van der Waals surface area contributed by atoms with Crippen LogP contribution in [0.25, 0.3) is 0 Å². The average Bonchev–Trinajstić information content (AvgIpc) is 2.45. The summed E-state index contributed by atoms with van der Waals surface area (Å²) in [6.45, 7) is 0.648. The molecule has 0 aliphatic heterocycles. The molecule has 0 fully saturated rings. The summed E-state index contributed by atoms with van der Waals surface area (Å²) in [7, 11) is -3.59. The summed E-state index contributed by atoms with van der Waals surface area (Å²) in [5, 5.41) is 3.28. The molecule has 0 aromatic carbocycles. The van der Waals surface area contributed by atoms with Crippen molar-refractivity contribution in [1.29, 1.82) is 0 Å². The molecular formula is C12H13ClN4O2S. The van der Waals surface area contributed by atoms with E-state index >= 15 is 0 Å². The fourth-order valence-corrected chi connectivity index (χ4v) is 2.72. The van der Waals surface area contributed by atoms with Crippen LogP contribution < -0.4 is 10.0 Å². The first-order valence-corrected chi connectivity index (χ1v) is 7.69. The van der Waals surface area contributed by atoms with Crippen LogP contribution in [0.4, 0.5) is 5.82 Å². The molecule has 2 N–H and O–H groups in total. The van der Waals surface area contributed by atoms with E-state index in [0.717, 1.165) is 0 Å². The number of nitrogens with one attached hydrogen (secondary N) is 2. The molecule has 8 heteroatoms. The highest BCUT2D eigenvalue weighted by atomic mass is 35.5. The van der Waals surface area contributed by atoms with Crippen LogP contribution in [0.15, 0.2) is 47.8 Å². The number of halogens is 1. The molecule has 0 radical (unpaired) electrons. The molecule has 2 rings (SSSR count). The fourth-order valence-electron chi connectivity index (χ4n) is 1.47. The minimum atomic E-state index is -3.59. The minimum Gasteiger partial charge on any atom is -0.369 e. The van der Waals surface area contributed by atoms with E-state index in [2.05, 4.69) is 20.0 Å². The third-order valence-electron chi connectivity index (χ3n) is 2.38. The van der Waals surface area contributed by atoms with Gasteiger partial charge in [0.15, 0.2) is 0 Å². The number of nitrogens with zero attached hydrogens (tertiary/aromatic N) is 2. The van der Waals surface area contributed by atoms with E-state index < -0.39 is 10.0 Å². The number of hydrogen-bond acceptors (Lipinski definition) is 5. The van der Waals surface area contributed by atoms with E-state index in [0.29, 0.717) is 12.4 Å². The van der Waals surface area contributed by atoms with Crippen molar-refractivity contribution in [3.8, 4) is 0 Å². The highest BCUT2D eigenvalue weighted by molar-refractivity contribution is 7.89. The van der Waals surface area contributed by atoms with E-state index in [1.54, 1.807) is 18.3 Å². The minimum absolute atomic E-state index is 0.0443. The Morgan fingerprint density at radius 1 is 1.20 bits per heavy atom. The highest BCUT2D eigenvalue weighted by Gasteiger charge is 2.13. The van der Waals surface area contributed by atoms with Gasteiger partial charge in [0.1, 0.15) is 10.7 Å². The smallest absolute Gasteiger partial charge is 0.242 e. The van der Waals surface area contributed by atoms with Gasteiger partial charge in [-0.05, 0) is 18.2 Å². The van der Waals surface area contributed by atoms with Crippen LogP contribution in [-0.2, 0) is 10.0 Å². The lowest BCUT2D eigenvalue weighted by molar-refractivity contribution is 0.582. The van der Waals surface area contributed by atoms with Crippen LogP contribution in [-0.4, -0.2) is 31.5 Å². The summed E-state index contributed by atoms with van der Waals surface area (Å²) in [5.41, 5.74) is 0. The van der Waals surface area contributed by atoms with Crippen molar-refractivity contribution in [3.63, 3.8) is 0 Å². The van der Waals surface area contributed by atoms with Gasteiger partial charge in [-0.2, -0.15) is 0 Å². The Kier molecular flexibility index (Phi) is 4.89. The van der Waals surface area contributed by atoms with Gasteiger partial charge in [-0.15, -0.1) is 0 Å². The zero-order valence-corrected chi connectivity index (χ0v) is 12.0. The lowest BCUT2D eigenvalue weighted by atomic mass is 10.4. The predicted molar refractivity (Wildman–Crippen MR) is 77.2 cm³/mol. The number of pyridine rings is 2. The Morgan fingerprint density at radius 3 is 2.75 bits per heavy atom. The second-order valence-electron chi connectivity index (χ2n) is 3.88. The third-order valence-corrected chi connectivity index (χ3v) is 4.01. The van der Waals surface area contributed by atoms with Crippen molar-refractivity contribution in [2.45, 2.75) is 4.90 Å². The van der Waals surface area contributed by atoms with Crippen molar-refractivity contribution >= 4 is 27.4 Å². The molecule has 0 aliphatic rings. The first-order valence-electron chi connectivity index (χ1n) is 5.83. The lowest BCUT2D eigenvalue weighted by Gasteiger charge is -2.08. The van der Waals surface area contributed by atoms with Crippen LogP contribution in [0.2, 0.25) is 5.02 Å². The maximum atomic E-state index is 11.9. The number of sulfonamides is 1. The van der Waals surface area contributed by atoms with Crippen LogP contribution in [0.5, 0.6) is 0 Å². The van der Waals surface area contributed by atoms with E-state index in [1.807, 2.05) is 6.07 Å². The van der Waals surface area contributed by atoms with Gasteiger partial charge in [-0.1, -0.05) is 17.7 Å². The zero-order valence-electron chi connectivity index (χ0n) is 10.5. The van der Waals surface area contributed by atoms with Crippen LogP contribution in [0.1, 0.15) is 0 Å². The summed E-state index contributed by atoms with van der Waals surface area (Å²) in [4.78, 5) is 7.86. The molecule has 0 atom stereocenters. The van der Waals surface area contributed by atoms with Gasteiger partial charge < -0.3 is 5.32 Å². The molecule has 0 aliphatic carbocycles. The molecule has 2 aromatic rings. The molecule has 0 saturated carbocycles. The summed E-state index contributed by atoms with van der Waals surface area (Å²) in [5.74, 6) is 0.691. The van der Waals surface area contributed by atoms with Gasteiger partial charge >= 0.3 is 0 Å². The van der Waals surface area contributed by atoms with Crippen molar-refractivity contribution in [2.75, 3.05) is 18.4 Å². The number of rotatable bonds is 6. The number of hydrogen-bond donors (Lipinski definition) is 2. The van der Waals surface area contributed by atoms with Crippen LogP contribution in [0, 0.1) is 0 Å². The third kappa shape index (κ3) is 4.16. The second kappa shape index (κ2) is 6.65. The Morgan fingerprint density at radius 2 is 2.05 bits per heavy atom. The first kappa shape index (κ1) is 14.7. The number of aromatic nitrogens is 2. The fraction of sp³-hybridized carbons (Fsp3) is 0.167. The van der Waals surface area contributed by atoms with Gasteiger partial charge in [0, 0.05) is 31.7 Å². The maximum Gasteiger partial charge on any atom is 0.242 e. The molecule has 20 heavy (non-hydrogen) atoms. The van der Waals surface area contributed by atoms with Crippen molar-refractivity contribution in [1.82, 2.24) is 14.7 Å².